The van der Waals surface area contributed by atoms with Crippen molar-refractivity contribution in [2.45, 2.75) is 32.9 Å². The van der Waals surface area contributed by atoms with Crippen molar-refractivity contribution in [3.8, 4) is 0 Å². The first-order valence-corrected chi connectivity index (χ1v) is 7.85. The lowest BCUT2D eigenvalue weighted by Gasteiger charge is -2.20. The van der Waals surface area contributed by atoms with E-state index in [0.717, 1.165) is 10.0 Å². The summed E-state index contributed by atoms with van der Waals surface area (Å²) in [7, 11) is 0. The second-order valence-corrected chi connectivity index (χ2v) is 6.90. The topological polar surface area (TPSA) is 12.0 Å². The maximum absolute atomic E-state index is 13.1. The van der Waals surface area contributed by atoms with Crippen LogP contribution in [0.25, 0.3) is 0 Å². The molecule has 1 aromatic heterocycles. The Bertz CT molecular complexity index is 567. The summed E-state index contributed by atoms with van der Waals surface area (Å²) in [5.41, 5.74) is 1.07. The first-order chi connectivity index (χ1) is 8.97. The molecule has 4 heteroatoms. The number of benzene rings is 1. The number of nitrogens with one attached hydrogen (secondary N) is 1. The van der Waals surface area contributed by atoms with Crippen LogP contribution in [0.3, 0.4) is 0 Å². The lowest BCUT2D eigenvalue weighted by atomic mass is 10.1. The van der Waals surface area contributed by atoms with Gasteiger partial charge >= 0.3 is 0 Å². The van der Waals surface area contributed by atoms with E-state index in [-0.39, 0.29) is 17.9 Å². The SMILES string of the molecule is Cc1ccc(C(C)NC(C)c2ccc(F)cc2Br)s1. The number of thiophene rings is 1. The highest BCUT2D eigenvalue weighted by Gasteiger charge is 2.14. The molecule has 2 unspecified atom stereocenters. The minimum Gasteiger partial charge on any atom is -0.303 e. The van der Waals surface area contributed by atoms with Crippen molar-refractivity contribution in [2.75, 3.05) is 0 Å². The van der Waals surface area contributed by atoms with Crippen LogP contribution in [0.5, 0.6) is 0 Å². The summed E-state index contributed by atoms with van der Waals surface area (Å²) >= 11 is 5.23. The highest BCUT2D eigenvalue weighted by Crippen LogP contribution is 2.28. The summed E-state index contributed by atoms with van der Waals surface area (Å²) in [6.45, 7) is 6.36. The van der Waals surface area contributed by atoms with E-state index in [4.69, 9.17) is 0 Å². The third kappa shape index (κ3) is 3.65. The van der Waals surface area contributed by atoms with Gasteiger partial charge in [0.1, 0.15) is 5.82 Å². The van der Waals surface area contributed by atoms with Crippen LogP contribution < -0.4 is 5.32 Å². The smallest absolute Gasteiger partial charge is 0.124 e. The van der Waals surface area contributed by atoms with Crippen LogP contribution in [0.15, 0.2) is 34.8 Å². The normalized spacial score (nSPS) is 14.4. The molecule has 2 rings (SSSR count). The zero-order valence-electron chi connectivity index (χ0n) is 11.2. The fraction of sp³-hybridized carbons (Fsp3) is 0.333. The van der Waals surface area contributed by atoms with E-state index in [1.165, 1.54) is 21.9 Å². The maximum atomic E-state index is 13.1. The van der Waals surface area contributed by atoms with E-state index < -0.39 is 0 Å². The van der Waals surface area contributed by atoms with E-state index in [2.05, 4.69) is 54.2 Å². The van der Waals surface area contributed by atoms with Gasteiger partial charge in [0.15, 0.2) is 0 Å². The first kappa shape index (κ1) is 14.7. The molecule has 1 aromatic carbocycles. The highest BCUT2D eigenvalue weighted by molar-refractivity contribution is 9.10. The van der Waals surface area contributed by atoms with Crippen molar-refractivity contribution in [2.24, 2.45) is 0 Å². The molecule has 0 radical (unpaired) electrons. The van der Waals surface area contributed by atoms with Gasteiger partial charge in [0.05, 0.1) is 0 Å². The number of rotatable bonds is 4. The Labute approximate surface area is 126 Å². The Morgan fingerprint density at radius 2 is 1.89 bits per heavy atom. The molecule has 1 nitrogen and oxygen atoms in total. The minimum atomic E-state index is -0.218. The summed E-state index contributed by atoms with van der Waals surface area (Å²) in [6, 6.07) is 9.56. The predicted octanol–water partition coefficient (Wildman–Crippen LogP) is 5.37. The monoisotopic (exact) mass is 341 g/mol. The Kier molecular flexibility index (Phi) is 4.76. The largest absolute Gasteiger partial charge is 0.303 e. The number of hydrogen-bond donors (Lipinski definition) is 1. The Hall–Kier alpha value is -0.710. The zero-order valence-corrected chi connectivity index (χ0v) is 13.6. The highest BCUT2D eigenvalue weighted by atomic mass is 79.9. The molecule has 19 heavy (non-hydrogen) atoms. The zero-order chi connectivity index (χ0) is 14.0. The van der Waals surface area contributed by atoms with Crippen molar-refractivity contribution >= 4 is 27.3 Å². The molecule has 0 fully saturated rings. The molecule has 2 aromatic rings. The summed E-state index contributed by atoms with van der Waals surface area (Å²) < 4.78 is 13.9. The van der Waals surface area contributed by atoms with Gasteiger partial charge in [0, 0.05) is 26.3 Å². The minimum absolute atomic E-state index is 0.160. The second-order valence-electron chi connectivity index (χ2n) is 4.72. The molecule has 0 aliphatic rings. The van der Waals surface area contributed by atoms with E-state index in [1.54, 1.807) is 11.3 Å². The molecule has 0 spiro atoms. The molecular weight excluding hydrogens is 325 g/mol. The van der Waals surface area contributed by atoms with Gasteiger partial charge in [-0.1, -0.05) is 22.0 Å². The Morgan fingerprint density at radius 3 is 2.47 bits per heavy atom. The van der Waals surface area contributed by atoms with Gasteiger partial charge in [0.25, 0.3) is 0 Å². The molecule has 0 amide bonds. The van der Waals surface area contributed by atoms with Gasteiger partial charge in [0.2, 0.25) is 0 Å². The second kappa shape index (κ2) is 6.16. The Morgan fingerprint density at radius 1 is 1.16 bits per heavy atom. The molecule has 102 valence electrons. The van der Waals surface area contributed by atoms with E-state index >= 15 is 0 Å². The van der Waals surface area contributed by atoms with Gasteiger partial charge < -0.3 is 5.32 Å². The average Bonchev–Trinajstić information content (AvgIpc) is 2.75. The van der Waals surface area contributed by atoms with E-state index in [0.29, 0.717) is 0 Å². The maximum Gasteiger partial charge on any atom is 0.124 e. The predicted molar refractivity (Wildman–Crippen MR) is 83.1 cm³/mol. The lowest BCUT2D eigenvalue weighted by Crippen LogP contribution is -2.22. The third-order valence-corrected chi connectivity index (χ3v) is 4.99. The van der Waals surface area contributed by atoms with Gasteiger partial charge in [-0.05, 0) is 50.6 Å². The van der Waals surface area contributed by atoms with Crippen molar-refractivity contribution in [1.82, 2.24) is 5.32 Å². The van der Waals surface area contributed by atoms with Crippen molar-refractivity contribution < 1.29 is 4.39 Å². The van der Waals surface area contributed by atoms with E-state index in [9.17, 15) is 4.39 Å². The van der Waals surface area contributed by atoms with Crippen molar-refractivity contribution in [3.05, 3.63) is 55.9 Å². The summed E-state index contributed by atoms with van der Waals surface area (Å²) in [6.07, 6.45) is 0. The quantitative estimate of drug-likeness (QED) is 0.788. The van der Waals surface area contributed by atoms with Crippen LogP contribution in [0.2, 0.25) is 0 Å². The molecular formula is C15H17BrFNS. The van der Waals surface area contributed by atoms with Crippen LogP contribution in [-0.2, 0) is 0 Å². The molecule has 2 atom stereocenters. The van der Waals surface area contributed by atoms with Gasteiger partial charge in [-0.15, -0.1) is 11.3 Å². The molecule has 0 saturated carbocycles. The summed E-state index contributed by atoms with van der Waals surface area (Å²) in [5, 5.41) is 3.54. The van der Waals surface area contributed by atoms with Crippen LogP contribution in [0.4, 0.5) is 4.39 Å². The number of aryl methyl sites for hydroxylation is 1. The average molecular weight is 342 g/mol. The number of halogens is 2. The van der Waals surface area contributed by atoms with Gasteiger partial charge in [-0.25, -0.2) is 4.39 Å². The fourth-order valence-electron chi connectivity index (χ4n) is 2.09. The fourth-order valence-corrected chi connectivity index (χ4v) is 3.67. The van der Waals surface area contributed by atoms with Crippen LogP contribution in [-0.4, -0.2) is 0 Å². The third-order valence-electron chi connectivity index (χ3n) is 3.12. The van der Waals surface area contributed by atoms with Crippen LogP contribution in [0, 0.1) is 12.7 Å². The summed E-state index contributed by atoms with van der Waals surface area (Å²) in [5.74, 6) is -0.218. The number of hydrogen-bond acceptors (Lipinski definition) is 2. The molecule has 0 aliphatic heterocycles. The van der Waals surface area contributed by atoms with E-state index in [1.807, 2.05) is 6.07 Å². The Balaban J connectivity index is 2.10. The van der Waals surface area contributed by atoms with Crippen LogP contribution in [0.1, 0.15) is 41.2 Å². The van der Waals surface area contributed by atoms with Gasteiger partial charge in [-0.2, -0.15) is 0 Å². The first-order valence-electron chi connectivity index (χ1n) is 6.24. The van der Waals surface area contributed by atoms with Crippen molar-refractivity contribution in [3.63, 3.8) is 0 Å². The molecule has 0 bridgehead atoms. The van der Waals surface area contributed by atoms with Crippen molar-refractivity contribution in [1.29, 1.82) is 0 Å². The molecule has 1 N–H and O–H groups in total. The molecule has 0 saturated heterocycles. The lowest BCUT2D eigenvalue weighted by molar-refractivity contribution is 0.498. The standard InChI is InChI=1S/C15H17BrFNS/c1-9-4-7-15(19-9)11(3)18-10(2)13-6-5-12(17)8-14(13)16/h4-8,10-11,18H,1-3H3. The summed E-state index contributed by atoms with van der Waals surface area (Å²) in [4.78, 5) is 2.64. The molecule has 1 heterocycles. The molecule has 0 aliphatic carbocycles. The van der Waals surface area contributed by atoms with Crippen LogP contribution >= 0.6 is 27.3 Å². The van der Waals surface area contributed by atoms with Gasteiger partial charge in [-0.3, -0.25) is 0 Å².